The second kappa shape index (κ2) is 6.87. The van der Waals surface area contributed by atoms with Crippen molar-refractivity contribution in [2.45, 2.75) is 38.6 Å². The SMILES string of the molecule is O=C(NCCc1nnc2n1CCCCC2)c1cncc(Cl)c1. The van der Waals surface area contributed by atoms with Crippen LogP contribution in [0.3, 0.4) is 0 Å². The van der Waals surface area contributed by atoms with Crippen LogP contribution in [0.5, 0.6) is 0 Å². The molecule has 0 radical (unpaired) electrons. The molecule has 6 nitrogen and oxygen atoms in total. The number of fused-ring (bicyclic) bond motifs is 1. The molecule has 0 aromatic carbocycles. The summed E-state index contributed by atoms with van der Waals surface area (Å²) < 4.78 is 2.19. The summed E-state index contributed by atoms with van der Waals surface area (Å²) in [6, 6.07) is 1.60. The van der Waals surface area contributed by atoms with Crippen molar-refractivity contribution in [3.8, 4) is 0 Å². The number of aromatic nitrogens is 4. The number of aryl methyl sites for hydroxylation is 1. The molecule has 7 heteroatoms. The van der Waals surface area contributed by atoms with Crippen molar-refractivity contribution in [1.82, 2.24) is 25.1 Å². The van der Waals surface area contributed by atoms with Crippen molar-refractivity contribution in [2.24, 2.45) is 0 Å². The van der Waals surface area contributed by atoms with Crippen molar-refractivity contribution in [3.05, 3.63) is 40.7 Å². The van der Waals surface area contributed by atoms with Crippen LogP contribution in [0.1, 0.15) is 41.3 Å². The van der Waals surface area contributed by atoms with Crippen LogP contribution in [0, 0.1) is 0 Å². The standard InChI is InChI=1S/C15H18ClN5O/c16-12-8-11(9-17-10-12)15(22)18-6-5-14-20-19-13-4-2-1-3-7-21(13)14/h8-10H,1-7H2,(H,18,22). The summed E-state index contributed by atoms with van der Waals surface area (Å²) in [6.45, 7) is 1.49. The quantitative estimate of drug-likeness (QED) is 0.935. The molecule has 0 saturated heterocycles. The van der Waals surface area contributed by atoms with Crippen LogP contribution in [0.2, 0.25) is 5.02 Å². The number of hydrogen-bond donors (Lipinski definition) is 1. The lowest BCUT2D eigenvalue weighted by molar-refractivity contribution is 0.0953. The lowest BCUT2D eigenvalue weighted by Crippen LogP contribution is -2.26. The van der Waals surface area contributed by atoms with E-state index in [1.54, 1.807) is 6.07 Å². The molecule has 2 aromatic rings. The third-order valence-corrected chi connectivity index (χ3v) is 3.99. The maximum absolute atomic E-state index is 12.0. The summed E-state index contributed by atoms with van der Waals surface area (Å²) in [5, 5.41) is 11.8. The van der Waals surface area contributed by atoms with Gasteiger partial charge in [-0.05, 0) is 18.9 Å². The molecule has 1 amide bonds. The van der Waals surface area contributed by atoms with E-state index in [2.05, 4.69) is 25.1 Å². The van der Waals surface area contributed by atoms with E-state index in [4.69, 9.17) is 11.6 Å². The van der Waals surface area contributed by atoms with E-state index < -0.39 is 0 Å². The zero-order valence-electron chi connectivity index (χ0n) is 12.3. The van der Waals surface area contributed by atoms with E-state index in [0.717, 1.165) is 24.6 Å². The molecule has 116 valence electrons. The third-order valence-electron chi connectivity index (χ3n) is 3.79. The number of nitrogens with zero attached hydrogens (tertiary/aromatic N) is 4. The topological polar surface area (TPSA) is 72.7 Å². The van der Waals surface area contributed by atoms with Gasteiger partial charge in [-0.15, -0.1) is 10.2 Å². The normalized spacial score (nSPS) is 14.2. The molecule has 0 saturated carbocycles. The van der Waals surface area contributed by atoms with E-state index in [1.807, 2.05) is 0 Å². The minimum Gasteiger partial charge on any atom is -0.352 e. The maximum atomic E-state index is 12.0. The van der Waals surface area contributed by atoms with Gasteiger partial charge in [-0.1, -0.05) is 18.0 Å². The Morgan fingerprint density at radius 2 is 2.18 bits per heavy atom. The van der Waals surface area contributed by atoms with Crippen LogP contribution in [0.4, 0.5) is 0 Å². The van der Waals surface area contributed by atoms with Crippen molar-refractivity contribution in [2.75, 3.05) is 6.54 Å². The van der Waals surface area contributed by atoms with Gasteiger partial charge < -0.3 is 9.88 Å². The second-order valence-electron chi connectivity index (χ2n) is 5.39. The highest BCUT2D eigenvalue weighted by atomic mass is 35.5. The first-order valence-electron chi connectivity index (χ1n) is 7.54. The van der Waals surface area contributed by atoms with Gasteiger partial charge in [0.05, 0.1) is 10.6 Å². The van der Waals surface area contributed by atoms with Crippen LogP contribution < -0.4 is 5.32 Å². The van der Waals surface area contributed by atoms with Gasteiger partial charge in [-0.2, -0.15) is 0 Å². The van der Waals surface area contributed by atoms with Gasteiger partial charge in [0, 0.05) is 38.3 Å². The van der Waals surface area contributed by atoms with Gasteiger partial charge in [0.15, 0.2) is 0 Å². The molecule has 0 spiro atoms. The molecule has 0 fully saturated rings. The van der Waals surface area contributed by atoms with Gasteiger partial charge in [0.2, 0.25) is 0 Å². The highest BCUT2D eigenvalue weighted by Crippen LogP contribution is 2.14. The molecular weight excluding hydrogens is 302 g/mol. The maximum Gasteiger partial charge on any atom is 0.252 e. The van der Waals surface area contributed by atoms with Crippen LogP contribution in [-0.2, 0) is 19.4 Å². The second-order valence-corrected chi connectivity index (χ2v) is 5.83. The summed E-state index contributed by atoms with van der Waals surface area (Å²) in [7, 11) is 0. The molecule has 3 rings (SSSR count). The van der Waals surface area contributed by atoms with E-state index in [-0.39, 0.29) is 5.91 Å². The minimum absolute atomic E-state index is 0.175. The fourth-order valence-electron chi connectivity index (χ4n) is 2.66. The van der Waals surface area contributed by atoms with Crippen molar-refractivity contribution in [3.63, 3.8) is 0 Å². The monoisotopic (exact) mass is 319 g/mol. The molecule has 1 N–H and O–H groups in total. The summed E-state index contributed by atoms with van der Waals surface area (Å²) in [6.07, 6.45) is 8.25. The predicted molar refractivity (Wildman–Crippen MR) is 82.9 cm³/mol. The summed E-state index contributed by atoms with van der Waals surface area (Å²) >= 11 is 5.83. The first kappa shape index (κ1) is 15.0. The average molecular weight is 320 g/mol. The minimum atomic E-state index is -0.175. The Bertz CT molecular complexity index is 670. The van der Waals surface area contributed by atoms with Crippen LogP contribution in [-0.4, -0.2) is 32.2 Å². The van der Waals surface area contributed by atoms with Gasteiger partial charge >= 0.3 is 0 Å². The Morgan fingerprint density at radius 1 is 1.27 bits per heavy atom. The van der Waals surface area contributed by atoms with Gasteiger partial charge in [-0.3, -0.25) is 9.78 Å². The first-order chi connectivity index (χ1) is 10.7. The molecule has 0 bridgehead atoms. The van der Waals surface area contributed by atoms with E-state index in [1.165, 1.54) is 31.7 Å². The highest BCUT2D eigenvalue weighted by molar-refractivity contribution is 6.30. The van der Waals surface area contributed by atoms with Gasteiger partial charge in [0.1, 0.15) is 11.6 Å². The smallest absolute Gasteiger partial charge is 0.252 e. The number of pyridine rings is 1. The summed E-state index contributed by atoms with van der Waals surface area (Å²) in [5.74, 6) is 1.84. The molecule has 2 aromatic heterocycles. The summed E-state index contributed by atoms with van der Waals surface area (Å²) in [5.41, 5.74) is 0.465. The zero-order valence-corrected chi connectivity index (χ0v) is 13.0. The number of rotatable bonds is 4. The van der Waals surface area contributed by atoms with Gasteiger partial charge in [0.25, 0.3) is 5.91 Å². The lowest BCUT2D eigenvalue weighted by atomic mass is 10.2. The first-order valence-corrected chi connectivity index (χ1v) is 7.91. The third kappa shape index (κ3) is 3.44. The molecule has 22 heavy (non-hydrogen) atoms. The summed E-state index contributed by atoms with van der Waals surface area (Å²) in [4.78, 5) is 15.9. The fraction of sp³-hybridized carbons (Fsp3) is 0.467. The predicted octanol–water partition coefficient (Wildman–Crippen LogP) is 2.03. The molecule has 0 aliphatic carbocycles. The lowest BCUT2D eigenvalue weighted by Gasteiger charge is -2.08. The number of carbonyl (C=O) groups excluding carboxylic acids is 1. The fourth-order valence-corrected chi connectivity index (χ4v) is 2.83. The van der Waals surface area contributed by atoms with E-state index in [9.17, 15) is 4.79 Å². The van der Waals surface area contributed by atoms with E-state index in [0.29, 0.717) is 23.6 Å². The Balaban J connectivity index is 1.57. The molecular formula is C15H18ClN5O. The Hall–Kier alpha value is -1.95. The highest BCUT2D eigenvalue weighted by Gasteiger charge is 2.14. The molecule has 3 heterocycles. The van der Waals surface area contributed by atoms with Crippen molar-refractivity contribution >= 4 is 17.5 Å². The van der Waals surface area contributed by atoms with Crippen LogP contribution in [0.15, 0.2) is 18.5 Å². The number of hydrogen-bond acceptors (Lipinski definition) is 4. The van der Waals surface area contributed by atoms with Crippen LogP contribution in [0.25, 0.3) is 0 Å². The Kier molecular flexibility index (Phi) is 4.68. The number of halogens is 1. The number of amides is 1. The Labute approximate surface area is 133 Å². The van der Waals surface area contributed by atoms with Gasteiger partial charge in [-0.25, -0.2) is 0 Å². The van der Waals surface area contributed by atoms with Crippen molar-refractivity contribution < 1.29 is 4.79 Å². The van der Waals surface area contributed by atoms with Crippen LogP contribution >= 0.6 is 11.6 Å². The molecule has 0 unspecified atom stereocenters. The molecule has 0 atom stereocenters. The number of nitrogens with one attached hydrogen (secondary N) is 1. The Morgan fingerprint density at radius 3 is 3.05 bits per heavy atom. The molecule has 1 aliphatic heterocycles. The largest absolute Gasteiger partial charge is 0.352 e. The molecule has 1 aliphatic rings. The number of carbonyl (C=O) groups is 1. The van der Waals surface area contributed by atoms with Crippen molar-refractivity contribution in [1.29, 1.82) is 0 Å². The van der Waals surface area contributed by atoms with E-state index >= 15 is 0 Å². The average Bonchev–Trinajstić information content (AvgIpc) is 2.75. The zero-order chi connectivity index (χ0) is 15.4.